The highest BCUT2D eigenvalue weighted by Crippen LogP contribution is 2.34. The van der Waals surface area contributed by atoms with Gasteiger partial charge in [-0.2, -0.15) is 5.10 Å². The maximum Gasteiger partial charge on any atom is 0.275 e. The molecule has 0 fully saturated rings. The molecule has 3 N–H and O–H groups in total. The third kappa shape index (κ3) is 4.46. The number of aromatic nitrogens is 3. The molecule has 192 valence electrons. The number of fused-ring (bicyclic) bond motifs is 3. The van der Waals surface area contributed by atoms with Crippen LogP contribution in [0, 0.1) is 6.92 Å². The molecule has 0 aliphatic heterocycles. The van der Waals surface area contributed by atoms with Gasteiger partial charge in [-0.25, -0.2) is 10.4 Å². The molecule has 0 aliphatic rings. The van der Waals surface area contributed by atoms with Crippen molar-refractivity contribution in [1.82, 2.24) is 20.0 Å². The zero-order chi connectivity index (χ0) is 27.0. The second kappa shape index (κ2) is 10.2. The third-order valence-corrected chi connectivity index (χ3v) is 6.86. The van der Waals surface area contributed by atoms with Gasteiger partial charge in [0.2, 0.25) is 5.95 Å². The van der Waals surface area contributed by atoms with E-state index < -0.39 is 5.91 Å². The van der Waals surface area contributed by atoms with Crippen molar-refractivity contribution in [3.63, 3.8) is 0 Å². The quantitative estimate of drug-likeness (QED) is 0.190. The van der Waals surface area contributed by atoms with Crippen molar-refractivity contribution >= 4 is 68.8 Å². The number of pyridine rings is 1. The normalized spacial score (nSPS) is 11.4. The lowest BCUT2D eigenvalue weighted by molar-refractivity contribution is 0.0952. The number of carbonyl (C=O) groups is 1. The molecule has 2 heterocycles. The van der Waals surface area contributed by atoms with Crippen molar-refractivity contribution in [2.75, 3.05) is 12.4 Å². The molecule has 0 saturated heterocycles. The van der Waals surface area contributed by atoms with Crippen LogP contribution in [0.2, 0.25) is 10.0 Å². The molecule has 0 saturated carbocycles. The van der Waals surface area contributed by atoms with Crippen LogP contribution in [0.15, 0.2) is 64.5 Å². The second-order valence-corrected chi connectivity index (χ2v) is 9.28. The Morgan fingerprint density at radius 1 is 1.11 bits per heavy atom. The van der Waals surface area contributed by atoms with E-state index in [1.165, 1.54) is 13.3 Å². The van der Waals surface area contributed by atoms with E-state index in [1.807, 2.05) is 19.1 Å². The van der Waals surface area contributed by atoms with Crippen molar-refractivity contribution in [2.24, 2.45) is 12.1 Å². The van der Waals surface area contributed by atoms with Crippen molar-refractivity contribution < 1.29 is 9.53 Å². The molecule has 0 aliphatic carbocycles. The van der Waals surface area contributed by atoms with Crippen LogP contribution in [0.1, 0.15) is 21.6 Å². The van der Waals surface area contributed by atoms with E-state index in [0.717, 1.165) is 10.9 Å². The zero-order valence-corrected chi connectivity index (χ0v) is 22.1. The molecule has 0 unspecified atom stereocenters. The Morgan fingerprint density at radius 3 is 2.58 bits per heavy atom. The van der Waals surface area contributed by atoms with Crippen LogP contribution in [0.25, 0.3) is 21.8 Å². The monoisotopic (exact) mass is 548 g/mol. The molecule has 5 aromatic rings. The van der Waals surface area contributed by atoms with Gasteiger partial charge in [-0.05, 0) is 48.2 Å². The maximum absolute atomic E-state index is 13.3. The molecule has 0 radical (unpaired) electrons. The van der Waals surface area contributed by atoms with Crippen LogP contribution in [0.4, 0.5) is 11.6 Å². The second-order valence-electron chi connectivity index (χ2n) is 8.46. The van der Waals surface area contributed by atoms with Gasteiger partial charge in [0.25, 0.3) is 11.5 Å². The lowest BCUT2D eigenvalue weighted by atomic mass is 10.0. The number of halogens is 2. The Kier molecular flexibility index (Phi) is 6.79. The van der Waals surface area contributed by atoms with E-state index in [2.05, 4.69) is 25.8 Å². The summed E-state index contributed by atoms with van der Waals surface area (Å²) in [7, 11) is 3.29. The lowest BCUT2D eigenvalue weighted by Crippen LogP contribution is -2.19. The first kappa shape index (κ1) is 25.3. The highest BCUT2D eigenvalue weighted by molar-refractivity contribution is 6.39. The number of carbonyl (C=O) groups excluding carboxylic acids is 1. The largest absolute Gasteiger partial charge is 0.496 e. The SMILES string of the molecule is COc1ccccc1C(=O)NN=Cc1[nH]c(=O)c2c(ccc3nc(Nc4c(Cl)cccc4Cl)n(C)c32)c1C. The van der Waals surface area contributed by atoms with Gasteiger partial charge in [0.1, 0.15) is 5.75 Å². The van der Waals surface area contributed by atoms with Gasteiger partial charge in [-0.3, -0.25) is 9.59 Å². The van der Waals surface area contributed by atoms with E-state index >= 15 is 0 Å². The summed E-state index contributed by atoms with van der Waals surface area (Å²) in [4.78, 5) is 33.3. The Labute approximate surface area is 227 Å². The van der Waals surface area contributed by atoms with Crippen LogP contribution < -0.4 is 21.0 Å². The number of rotatable bonds is 6. The lowest BCUT2D eigenvalue weighted by Gasteiger charge is -2.11. The standard InChI is InChI=1S/C27H22Cl2N6O3/c1-14-15-11-12-19-24(35(2)27(32-19)33-23-17(28)8-6-9-18(23)29)22(15)26(37)31-20(14)13-30-34-25(36)16-7-4-5-10-21(16)38-3/h4-13H,1-3H3,(H,31,37)(H,32,33)(H,34,36). The van der Waals surface area contributed by atoms with E-state index in [0.29, 0.717) is 55.1 Å². The minimum Gasteiger partial charge on any atom is -0.496 e. The number of amides is 1. The molecule has 2 aromatic heterocycles. The predicted octanol–water partition coefficient (Wildman–Crippen LogP) is 5.55. The number of hydrogen-bond donors (Lipinski definition) is 3. The number of aromatic amines is 1. The minimum absolute atomic E-state index is 0.320. The van der Waals surface area contributed by atoms with Crippen LogP contribution >= 0.6 is 23.2 Å². The molecule has 0 atom stereocenters. The molecule has 1 amide bonds. The average molecular weight is 549 g/mol. The topological polar surface area (TPSA) is 113 Å². The number of ether oxygens (including phenoxy) is 1. The summed E-state index contributed by atoms with van der Waals surface area (Å²) in [6, 6.07) is 15.7. The number of hydrazone groups is 1. The number of aryl methyl sites for hydroxylation is 2. The van der Waals surface area contributed by atoms with E-state index in [1.54, 1.807) is 54.1 Å². The van der Waals surface area contributed by atoms with Crippen LogP contribution in [-0.2, 0) is 7.05 Å². The molecular formula is C27H22Cl2N6O3. The fraction of sp³-hybridized carbons (Fsp3) is 0.111. The van der Waals surface area contributed by atoms with Crippen molar-refractivity contribution in [1.29, 1.82) is 0 Å². The minimum atomic E-state index is -0.435. The number of nitrogens with zero attached hydrogens (tertiary/aromatic N) is 3. The number of H-pyrrole nitrogens is 1. The Bertz CT molecular complexity index is 1790. The number of hydrogen-bond acceptors (Lipinski definition) is 6. The van der Waals surface area contributed by atoms with E-state index in [-0.39, 0.29) is 5.56 Å². The van der Waals surface area contributed by atoms with Crippen molar-refractivity contribution in [2.45, 2.75) is 6.92 Å². The highest BCUT2D eigenvalue weighted by Gasteiger charge is 2.18. The Morgan fingerprint density at radius 2 is 1.84 bits per heavy atom. The smallest absolute Gasteiger partial charge is 0.275 e. The van der Waals surface area contributed by atoms with Gasteiger partial charge >= 0.3 is 0 Å². The first-order valence-electron chi connectivity index (χ1n) is 11.5. The highest BCUT2D eigenvalue weighted by atomic mass is 35.5. The summed E-state index contributed by atoms with van der Waals surface area (Å²) in [5.74, 6) is 0.473. The molecule has 5 rings (SSSR count). The number of anilines is 2. The van der Waals surface area contributed by atoms with Gasteiger partial charge in [0, 0.05) is 7.05 Å². The summed E-state index contributed by atoms with van der Waals surface area (Å²) in [5.41, 5.74) is 5.54. The van der Waals surface area contributed by atoms with Gasteiger partial charge < -0.3 is 19.6 Å². The third-order valence-electron chi connectivity index (χ3n) is 6.23. The summed E-state index contributed by atoms with van der Waals surface area (Å²) in [5, 5.41) is 9.32. The van der Waals surface area contributed by atoms with Crippen molar-refractivity contribution in [3.8, 4) is 5.75 Å². The van der Waals surface area contributed by atoms with Crippen LogP contribution in [0.3, 0.4) is 0 Å². The average Bonchev–Trinajstić information content (AvgIpc) is 3.23. The fourth-order valence-electron chi connectivity index (χ4n) is 4.29. The van der Waals surface area contributed by atoms with E-state index in [9.17, 15) is 9.59 Å². The number of nitrogens with one attached hydrogen (secondary N) is 3. The van der Waals surface area contributed by atoms with Gasteiger partial charge in [-0.15, -0.1) is 0 Å². The zero-order valence-electron chi connectivity index (χ0n) is 20.6. The first-order chi connectivity index (χ1) is 18.3. The fourth-order valence-corrected chi connectivity index (χ4v) is 4.78. The number of para-hydroxylation sites is 2. The number of benzene rings is 3. The molecular weight excluding hydrogens is 527 g/mol. The van der Waals surface area contributed by atoms with Crippen LogP contribution in [0.5, 0.6) is 5.75 Å². The van der Waals surface area contributed by atoms with E-state index in [4.69, 9.17) is 27.9 Å². The summed E-state index contributed by atoms with van der Waals surface area (Å²) < 4.78 is 7.01. The molecule has 0 bridgehead atoms. The Balaban J connectivity index is 1.51. The maximum atomic E-state index is 13.3. The summed E-state index contributed by atoms with van der Waals surface area (Å²) in [6.45, 7) is 1.87. The summed E-state index contributed by atoms with van der Waals surface area (Å²) >= 11 is 12.6. The van der Waals surface area contributed by atoms with Gasteiger partial charge in [-0.1, -0.05) is 47.5 Å². The predicted molar refractivity (Wildman–Crippen MR) is 151 cm³/mol. The van der Waals surface area contributed by atoms with Gasteiger partial charge in [0.05, 0.1) is 56.7 Å². The van der Waals surface area contributed by atoms with Crippen LogP contribution in [-0.4, -0.2) is 33.8 Å². The number of methoxy groups -OCH3 is 1. The molecule has 11 heteroatoms. The first-order valence-corrected chi connectivity index (χ1v) is 12.2. The van der Waals surface area contributed by atoms with Gasteiger partial charge in [0.15, 0.2) is 0 Å². The number of imidazole rings is 1. The molecule has 3 aromatic carbocycles. The molecule has 9 nitrogen and oxygen atoms in total. The molecule has 0 spiro atoms. The Hall–Kier alpha value is -4.34. The molecule has 38 heavy (non-hydrogen) atoms. The summed E-state index contributed by atoms with van der Waals surface area (Å²) in [6.07, 6.45) is 1.41. The van der Waals surface area contributed by atoms with Crippen molar-refractivity contribution in [3.05, 3.63) is 91.8 Å².